The minimum Gasteiger partial charge on any atom is -0.493 e. The molecule has 0 saturated heterocycles. The Morgan fingerprint density at radius 1 is 1.35 bits per heavy atom. The van der Waals surface area contributed by atoms with Crippen LogP contribution >= 0.6 is 15.9 Å². The lowest BCUT2D eigenvalue weighted by molar-refractivity contribution is 0.191. The molecule has 0 aliphatic heterocycles. The van der Waals surface area contributed by atoms with Crippen LogP contribution in [0, 0.1) is 0 Å². The molecule has 0 fully saturated rings. The largest absolute Gasteiger partial charge is 0.493 e. The summed E-state index contributed by atoms with van der Waals surface area (Å²) in [5.41, 5.74) is 2.03. The van der Waals surface area contributed by atoms with E-state index in [1.54, 1.807) is 26.4 Å². The predicted molar refractivity (Wildman–Crippen MR) is 92.7 cm³/mol. The molecule has 6 heteroatoms. The molecule has 1 aromatic carbocycles. The Morgan fingerprint density at radius 2 is 2.17 bits per heavy atom. The SMILES string of the molecule is COc1cc(CNC[C@H](C)O)cc(Br)c1OCc1cccnc1. The number of aromatic nitrogens is 1. The second-order valence-electron chi connectivity index (χ2n) is 5.24. The second kappa shape index (κ2) is 8.86. The number of hydrogen-bond donors (Lipinski definition) is 2. The highest BCUT2D eigenvalue weighted by Crippen LogP contribution is 2.37. The highest BCUT2D eigenvalue weighted by molar-refractivity contribution is 9.10. The third-order valence-corrected chi connectivity index (χ3v) is 3.75. The Bertz CT molecular complexity index is 621. The number of nitrogens with one attached hydrogen (secondary N) is 1. The number of methoxy groups -OCH3 is 1. The summed E-state index contributed by atoms with van der Waals surface area (Å²) in [4.78, 5) is 4.07. The molecule has 0 radical (unpaired) electrons. The van der Waals surface area contributed by atoms with Gasteiger partial charge in [-0.2, -0.15) is 0 Å². The van der Waals surface area contributed by atoms with Crippen LogP contribution in [0.15, 0.2) is 41.1 Å². The average Bonchev–Trinajstić information content (AvgIpc) is 2.54. The van der Waals surface area contributed by atoms with Gasteiger partial charge < -0.3 is 19.9 Å². The van der Waals surface area contributed by atoms with E-state index >= 15 is 0 Å². The zero-order valence-corrected chi connectivity index (χ0v) is 14.8. The first-order valence-electron chi connectivity index (χ1n) is 7.37. The molecule has 1 atom stereocenters. The number of benzene rings is 1. The molecule has 2 N–H and O–H groups in total. The lowest BCUT2D eigenvalue weighted by atomic mass is 10.2. The molecule has 23 heavy (non-hydrogen) atoms. The van der Waals surface area contributed by atoms with Crippen molar-refractivity contribution >= 4 is 15.9 Å². The van der Waals surface area contributed by atoms with Crippen molar-refractivity contribution < 1.29 is 14.6 Å². The van der Waals surface area contributed by atoms with E-state index in [0.29, 0.717) is 31.2 Å². The summed E-state index contributed by atoms with van der Waals surface area (Å²) in [7, 11) is 1.62. The standard InChI is InChI=1S/C17H21BrN2O3/c1-12(21)8-20-10-14-6-15(18)17(16(7-14)22-2)23-11-13-4-3-5-19-9-13/h3-7,9,12,20-21H,8,10-11H2,1-2H3/t12-/m0/s1. The van der Waals surface area contributed by atoms with E-state index in [0.717, 1.165) is 15.6 Å². The van der Waals surface area contributed by atoms with Crippen molar-refractivity contribution in [3.63, 3.8) is 0 Å². The molecule has 2 rings (SSSR count). The second-order valence-corrected chi connectivity index (χ2v) is 6.09. The number of aliphatic hydroxyl groups excluding tert-OH is 1. The zero-order valence-electron chi connectivity index (χ0n) is 13.3. The molecule has 0 aliphatic rings. The van der Waals surface area contributed by atoms with Crippen LogP contribution in [-0.4, -0.2) is 29.8 Å². The van der Waals surface area contributed by atoms with Crippen molar-refractivity contribution in [2.24, 2.45) is 0 Å². The van der Waals surface area contributed by atoms with Crippen molar-refractivity contribution in [2.45, 2.75) is 26.2 Å². The molecule has 1 aromatic heterocycles. The zero-order chi connectivity index (χ0) is 16.7. The van der Waals surface area contributed by atoms with Crippen LogP contribution < -0.4 is 14.8 Å². The fraction of sp³-hybridized carbons (Fsp3) is 0.353. The number of halogens is 1. The van der Waals surface area contributed by atoms with Gasteiger partial charge in [0.1, 0.15) is 6.61 Å². The van der Waals surface area contributed by atoms with Crippen molar-refractivity contribution in [1.82, 2.24) is 10.3 Å². The molecule has 0 bridgehead atoms. The molecule has 0 aliphatic carbocycles. The fourth-order valence-corrected chi connectivity index (χ4v) is 2.68. The smallest absolute Gasteiger partial charge is 0.175 e. The molecule has 0 unspecified atom stereocenters. The lowest BCUT2D eigenvalue weighted by Crippen LogP contribution is -2.23. The Labute approximate surface area is 144 Å². The van der Waals surface area contributed by atoms with Gasteiger partial charge in [-0.3, -0.25) is 4.98 Å². The minimum absolute atomic E-state index is 0.373. The number of nitrogens with zero attached hydrogens (tertiary/aromatic N) is 1. The van der Waals surface area contributed by atoms with Gasteiger partial charge in [-0.25, -0.2) is 0 Å². The minimum atomic E-state index is -0.373. The van der Waals surface area contributed by atoms with Crippen molar-refractivity contribution in [2.75, 3.05) is 13.7 Å². The molecule has 5 nitrogen and oxygen atoms in total. The van der Waals surface area contributed by atoms with Crippen LogP contribution in [0.2, 0.25) is 0 Å². The molecule has 124 valence electrons. The number of pyridine rings is 1. The van der Waals surface area contributed by atoms with Gasteiger partial charge in [0.25, 0.3) is 0 Å². The first-order valence-corrected chi connectivity index (χ1v) is 8.16. The predicted octanol–water partition coefficient (Wildman–Crippen LogP) is 2.90. The number of ether oxygens (including phenoxy) is 2. The summed E-state index contributed by atoms with van der Waals surface area (Å²) in [6.45, 7) is 3.35. The summed E-state index contributed by atoms with van der Waals surface area (Å²) < 4.78 is 12.1. The van der Waals surface area contributed by atoms with Crippen molar-refractivity contribution in [3.8, 4) is 11.5 Å². The topological polar surface area (TPSA) is 63.6 Å². The highest BCUT2D eigenvalue weighted by atomic mass is 79.9. The molecular weight excluding hydrogens is 360 g/mol. The fourth-order valence-electron chi connectivity index (χ4n) is 2.08. The van der Waals surface area contributed by atoms with Gasteiger partial charge in [0.05, 0.1) is 17.7 Å². The Morgan fingerprint density at radius 3 is 2.83 bits per heavy atom. The Balaban J connectivity index is 2.07. The first-order chi connectivity index (χ1) is 11.1. The van der Waals surface area contributed by atoms with E-state index in [9.17, 15) is 5.11 Å². The molecule has 0 amide bonds. The van der Waals surface area contributed by atoms with Crippen LogP contribution in [0.5, 0.6) is 11.5 Å². The van der Waals surface area contributed by atoms with E-state index in [-0.39, 0.29) is 6.10 Å². The van der Waals surface area contributed by atoms with Gasteiger partial charge >= 0.3 is 0 Å². The quantitative estimate of drug-likeness (QED) is 0.736. The van der Waals surface area contributed by atoms with Gasteiger partial charge in [-0.05, 0) is 46.6 Å². The Kier molecular flexibility index (Phi) is 6.83. The number of rotatable bonds is 8. The summed E-state index contributed by atoms with van der Waals surface area (Å²) >= 11 is 3.54. The third kappa shape index (κ3) is 5.49. The average molecular weight is 381 g/mol. The summed E-state index contributed by atoms with van der Waals surface area (Å²) in [6.07, 6.45) is 3.13. The van der Waals surface area contributed by atoms with Gasteiger partial charge in [-0.1, -0.05) is 6.07 Å². The number of hydrogen-bond acceptors (Lipinski definition) is 5. The van der Waals surface area contributed by atoms with Gasteiger partial charge in [-0.15, -0.1) is 0 Å². The van der Waals surface area contributed by atoms with E-state index in [4.69, 9.17) is 9.47 Å². The van der Waals surface area contributed by atoms with Crippen molar-refractivity contribution in [3.05, 3.63) is 52.3 Å². The van der Waals surface area contributed by atoms with E-state index in [1.807, 2.05) is 24.3 Å². The highest BCUT2D eigenvalue weighted by Gasteiger charge is 2.12. The first kappa shape index (κ1) is 17.7. The summed E-state index contributed by atoms with van der Waals surface area (Å²) in [5.74, 6) is 1.33. The maximum Gasteiger partial charge on any atom is 0.175 e. The molecule has 2 aromatic rings. The molecular formula is C17H21BrN2O3. The van der Waals surface area contributed by atoms with Gasteiger partial charge in [0, 0.05) is 31.0 Å². The van der Waals surface area contributed by atoms with E-state index < -0.39 is 0 Å². The Hall–Kier alpha value is -1.63. The van der Waals surface area contributed by atoms with E-state index in [1.165, 1.54) is 0 Å². The van der Waals surface area contributed by atoms with E-state index in [2.05, 4.69) is 26.2 Å². The van der Waals surface area contributed by atoms with Crippen LogP contribution in [0.3, 0.4) is 0 Å². The summed E-state index contributed by atoms with van der Waals surface area (Å²) in [6, 6.07) is 7.75. The van der Waals surface area contributed by atoms with Gasteiger partial charge in [0.15, 0.2) is 11.5 Å². The summed E-state index contributed by atoms with van der Waals surface area (Å²) in [5, 5.41) is 12.5. The maximum atomic E-state index is 9.29. The lowest BCUT2D eigenvalue weighted by Gasteiger charge is -2.15. The number of aliphatic hydroxyl groups is 1. The normalized spacial score (nSPS) is 12.0. The monoisotopic (exact) mass is 380 g/mol. The molecule has 0 saturated carbocycles. The van der Waals surface area contributed by atoms with Crippen LogP contribution in [-0.2, 0) is 13.2 Å². The maximum absolute atomic E-state index is 9.29. The van der Waals surface area contributed by atoms with Crippen LogP contribution in [0.4, 0.5) is 0 Å². The molecule has 1 heterocycles. The van der Waals surface area contributed by atoms with Crippen molar-refractivity contribution in [1.29, 1.82) is 0 Å². The third-order valence-electron chi connectivity index (χ3n) is 3.16. The van der Waals surface area contributed by atoms with Crippen LogP contribution in [0.25, 0.3) is 0 Å². The van der Waals surface area contributed by atoms with Gasteiger partial charge in [0.2, 0.25) is 0 Å². The molecule has 0 spiro atoms. The van der Waals surface area contributed by atoms with Crippen LogP contribution in [0.1, 0.15) is 18.1 Å².